The van der Waals surface area contributed by atoms with Gasteiger partial charge in [0.05, 0.1) is 25.3 Å². The van der Waals surface area contributed by atoms with Crippen LogP contribution in [0.5, 0.6) is 5.75 Å². The van der Waals surface area contributed by atoms with Crippen molar-refractivity contribution in [2.75, 3.05) is 26.1 Å². The summed E-state index contributed by atoms with van der Waals surface area (Å²) >= 11 is 0. The molecule has 2 aromatic carbocycles. The van der Waals surface area contributed by atoms with Gasteiger partial charge in [-0.05, 0) is 43.2 Å². The zero-order chi connectivity index (χ0) is 26.0. The third kappa shape index (κ3) is 4.85. The van der Waals surface area contributed by atoms with Gasteiger partial charge in [0.2, 0.25) is 0 Å². The summed E-state index contributed by atoms with van der Waals surface area (Å²) in [6.45, 7) is 0.479. The number of nitrogens with two attached hydrogens (primary N) is 2. The maximum absolute atomic E-state index is 15.1. The quantitative estimate of drug-likeness (QED) is 0.454. The van der Waals surface area contributed by atoms with Crippen LogP contribution >= 0.6 is 0 Å². The summed E-state index contributed by atoms with van der Waals surface area (Å²) in [7, 11) is 1.31. The van der Waals surface area contributed by atoms with Crippen molar-refractivity contribution in [3.8, 4) is 17.0 Å². The number of primary amides is 1. The van der Waals surface area contributed by atoms with Gasteiger partial charge in [0.15, 0.2) is 0 Å². The summed E-state index contributed by atoms with van der Waals surface area (Å²) in [5.74, 6) is -4.07. The average Bonchev–Trinajstić information content (AvgIpc) is 3.21. The van der Waals surface area contributed by atoms with Crippen LogP contribution in [-0.2, 0) is 11.3 Å². The minimum absolute atomic E-state index is 0.0619. The van der Waals surface area contributed by atoms with Gasteiger partial charge in [-0.15, -0.1) is 0 Å². The number of aromatic nitrogens is 2. The van der Waals surface area contributed by atoms with E-state index in [0.29, 0.717) is 19.6 Å². The van der Waals surface area contributed by atoms with Crippen LogP contribution in [0.15, 0.2) is 30.3 Å². The van der Waals surface area contributed by atoms with E-state index in [-0.39, 0.29) is 45.6 Å². The molecule has 190 valence electrons. The highest BCUT2D eigenvalue weighted by Crippen LogP contribution is 2.34. The first-order valence-electron chi connectivity index (χ1n) is 11.1. The van der Waals surface area contributed by atoms with E-state index >= 15 is 4.39 Å². The van der Waals surface area contributed by atoms with E-state index in [4.69, 9.17) is 20.9 Å². The van der Waals surface area contributed by atoms with E-state index in [1.165, 1.54) is 17.9 Å². The molecular weight excluding hydrogens is 479 g/mol. The first-order valence-corrected chi connectivity index (χ1v) is 11.1. The first kappa shape index (κ1) is 25.0. The Labute approximate surface area is 204 Å². The van der Waals surface area contributed by atoms with Gasteiger partial charge in [0.25, 0.3) is 11.8 Å². The Morgan fingerprint density at radius 1 is 1.22 bits per heavy atom. The second-order valence-corrected chi connectivity index (χ2v) is 8.24. The fourth-order valence-corrected chi connectivity index (χ4v) is 4.11. The zero-order valence-electron chi connectivity index (χ0n) is 19.3. The predicted molar refractivity (Wildman–Crippen MR) is 124 cm³/mol. The van der Waals surface area contributed by atoms with Crippen molar-refractivity contribution < 1.29 is 32.2 Å². The van der Waals surface area contributed by atoms with Crippen molar-refractivity contribution in [1.29, 1.82) is 0 Å². The Bertz CT molecular complexity index is 1320. The highest BCUT2D eigenvalue weighted by Gasteiger charge is 2.28. The van der Waals surface area contributed by atoms with E-state index in [1.54, 1.807) is 0 Å². The molecule has 3 aromatic rings. The van der Waals surface area contributed by atoms with Gasteiger partial charge in [-0.2, -0.15) is 5.10 Å². The number of hydrogen-bond donors (Lipinski definition) is 3. The number of hydrogen-bond acceptors (Lipinski definition) is 6. The predicted octanol–water partition coefficient (Wildman–Crippen LogP) is 2.94. The Morgan fingerprint density at radius 2 is 2.00 bits per heavy atom. The molecule has 1 aromatic heterocycles. The second-order valence-electron chi connectivity index (χ2n) is 8.24. The number of ether oxygens (including phenoxy) is 2. The molecule has 36 heavy (non-hydrogen) atoms. The lowest BCUT2D eigenvalue weighted by atomic mass is 10.0. The molecule has 2 heterocycles. The third-order valence-electron chi connectivity index (χ3n) is 5.91. The van der Waals surface area contributed by atoms with Gasteiger partial charge in [-0.25, -0.2) is 17.9 Å². The molecule has 12 heteroatoms. The van der Waals surface area contributed by atoms with Crippen molar-refractivity contribution in [1.82, 2.24) is 15.1 Å². The lowest BCUT2D eigenvalue weighted by Gasteiger charge is -2.23. The molecular formula is C24H24F3N5O4. The van der Waals surface area contributed by atoms with E-state index in [0.717, 1.165) is 30.7 Å². The fourth-order valence-electron chi connectivity index (χ4n) is 4.11. The van der Waals surface area contributed by atoms with Crippen molar-refractivity contribution in [2.45, 2.75) is 25.4 Å². The van der Waals surface area contributed by atoms with Gasteiger partial charge in [-0.3, -0.25) is 9.59 Å². The molecule has 9 nitrogen and oxygen atoms in total. The van der Waals surface area contributed by atoms with Crippen LogP contribution in [0.25, 0.3) is 11.3 Å². The van der Waals surface area contributed by atoms with Crippen LogP contribution < -0.4 is 21.5 Å². The number of nitrogens with one attached hydrogen (secondary N) is 1. The number of anilines is 1. The fraction of sp³-hybridized carbons (Fsp3) is 0.292. The summed E-state index contributed by atoms with van der Waals surface area (Å²) in [4.78, 5) is 24.6. The zero-order valence-corrected chi connectivity index (χ0v) is 19.3. The lowest BCUT2D eigenvalue weighted by molar-refractivity contribution is 0.0558. The SMILES string of the molecule is COc1ccc(F)cc1C(=O)NCc1cc(F)c(-c2nn(C3CCCOC3)c(N)c2C(N)=O)cc1F. The maximum Gasteiger partial charge on any atom is 0.255 e. The number of benzene rings is 2. The summed E-state index contributed by atoms with van der Waals surface area (Å²) in [6.07, 6.45) is 1.42. The number of nitrogen functional groups attached to an aromatic ring is 1. The summed E-state index contributed by atoms with van der Waals surface area (Å²) in [5.41, 5.74) is 10.6. The second kappa shape index (κ2) is 10.3. The Morgan fingerprint density at radius 3 is 2.67 bits per heavy atom. The Kier molecular flexibility index (Phi) is 7.15. The molecule has 1 fully saturated rings. The van der Waals surface area contributed by atoms with Gasteiger partial charge in [0, 0.05) is 24.3 Å². The third-order valence-corrected chi connectivity index (χ3v) is 5.91. The van der Waals surface area contributed by atoms with Crippen LogP contribution in [-0.4, -0.2) is 41.9 Å². The summed E-state index contributed by atoms with van der Waals surface area (Å²) in [5, 5.41) is 6.69. The molecule has 0 spiro atoms. The van der Waals surface area contributed by atoms with E-state index in [1.807, 2.05) is 0 Å². The van der Waals surface area contributed by atoms with Crippen LogP contribution in [0.3, 0.4) is 0 Å². The standard InChI is InChI=1S/C24H24F3N5O4/c1-35-19-5-4-13(25)8-16(19)24(34)30-10-12-7-18(27)15(9-17(12)26)21-20(23(29)33)22(28)32(31-21)14-3-2-6-36-11-14/h4-5,7-9,14H,2-3,6,10-11,28H2,1H3,(H2,29,33)(H,30,34). The van der Waals surface area contributed by atoms with Gasteiger partial charge in [0.1, 0.15) is 40.3 Å². The number of halogens is 3. The minimum Gasteiger partial charge on any atom is -0.496 e. The average molecular weight is 503 g/mol. The molecule has 1 aliphatic heterocycles. The van der Waals surface area contributed by atoms with Crippen LogP contribution in [0.4, 0.5) is 19.0 Å². The van der Waals surface area contributed by atoms with E-state index < -0.39 is 35.8 Å². The molecule has 1 unspecified atom stereocenters. The maximum atomic E-state index is 15.1. The largest absolute Gasteiger partial charge is 0.496 e. The number of rotatable bonds is 7. The molecule has 2 amide bonds. The molecule has 1 atom stereocenters. The topological polar surface area (TPSA) is 134 Å². The molecule has 1 aliphatic rings. The molecule has 5 N–H and O–H groups in total. The lowest BCUT2D eigenvalue weighted by Crippen LogP contribution is -2.24. The highest BCUT2D eigenvalue weighted by molar-refractivity contribution is 6.03. The summed E-state index contributed by atoms with van der Waals surface area (Å²) in [6, 6.07) is 4.82. The number of amides is 2. The number of methoxy groups -OCH3 is 1. The number of carbonyl (C=O) groups excluding carboxylic acids is 2. The van der Waals surface area contributed by atoms with Crippen LogP contribution in [0, 0.1) is 17.5 Å². The smallest absolute Gasteiger partial charge is 0.255 e. The van der Waals surface area contributed by atoms with Crippen molar-refractivity contribution in [3.05, 3.63) is 64.5 Å². The van der Waals surface area contributed by atoms with E-state index in [9.17, 15) is 18.4 Å². The normalized spacial score (nSPS) is 15.5. The number of nitrogens with zero attached hydrogens (tertiary/aromatic N) is 2. The minimum atomic E-state index is -0.939. The molecule has 0 saturated carbocycles. The van der Waals surface area contributed by atoms with Crippen molar-refractivity contribution in [2.24, 2.45) is 5.73 Å². The molecule has 4 rings (SSSR count). The molecule has 0 bridgehead atoms. The number of carbonyl (C=O) groups is 2. The molecule has 0 radical (unpaired) electrons. The van der Waals surface area contributed by atoms with Crippen LogP contribution in [0.2, 0.25) is 0 Å². The Hall–Kier alpha value is -4.06. The van der Waals surface area contributed by atoms with E-state index in [2.05, 4.69) is 10.4 Å². The van der Waals surface area contributed by atoms with Crippen LogP contribution in [0.1, 0.15) is 45.2 Å². The Balaban J connectivity index is 1.62. The highest BCUT2D eigenvalue weighted by atomic mass is 19.1. The van der Waals surface area contributed by atoms with Crippen molar-refractivity contribution >= 4 is 17.6 Å². The monoisotopic (exact) mass is 503 g/mol. The molecule has 1 saturated heterocycles. The molecule has 0 aliphatic carbocycles. The summed E-state index contributed by atoms with van der Waals surface area (Å²) < 4.78 is 55.5. The van der Waals surface area contributed by atoms with Gasteiger partial charge in [-0.1, -0.05) is 0 Å². The van der Waals surface area contributed by atoms with Gasteiger partial charge < -0.3 is 26.3 Å². The van der Waals surface area contributed by atoms with Gasteiger partial charge >= 0.3 is 0 Å². The van der Waals surface area contributed by atoms with Crippen molar-refractivity contribution in [3.63, 3.8) is 0 Å². The first-order chi connectivity index (χ1) is 17.2.